The van der Waals surface area contributed by atoms with E-state index in [2.05, 4.69) is 39.7 Å². The Bertz CT molecular complexity index is 912. The van der Waals surface area contributed by atoms with Gasteiger partial charge < -0.3 is 9.47 Å². The fourth-order valence-electron chi connectivity index (χ4n) is 2.48. The SMILES string of the molecule is CN(C)c1ccc(-n2cccc2/C=N\Nc2ccc([N+](=O)[O-])cc2)cc1. The van der Waals surface area contributed by atoms with Crippen LogP contribution in [0.4, 0.5) is 17.1 Å². The molecule has 0 bridgehead atoms. The van der Waals surface area contributed by atoms with Crippen LogP contribution in [0, 0.1) is 10.1 Å². The lowest BCUT2D eigenvalue weighted by Gasteiger charge is -2.13. The molecule has 0 amide bonds. The predicted molar refractivity (Wildman–Crippen MR) is 104 cm³/mol. The Morgan fingerprint density at radius 2 is 1.77 bits per heavy atom. The number of aromatic nitrogens is 1. The number of nitro groups is 1. The van der Waals surface area contributed by atoms with Crippen LogP contribution in [0.5, 0.6) is 0 Å². The van der Waals surface area contributed by atoms with Crippen molar-refractivity contribution in [2.24, 2.45) is 5.10 Å². The molecule has 1 heterocycles. The standard InChI is InChI=1S/C19H19N5O2/c1-22(2)16-9-11-17(12-10-16)23-13-3-4-19(23)14-20-21-15-5-7-18(8-6-15)24(25)26/h3-14,21H,1-2H3/b20-14-. The minimum atomic E-state index is -0.429. The highest BCUT2D eigenvalue weighted by molar-refractivity contribution is 5.79. The van der Waals surface area contributed by atoms with Gasteiger partial charge in [0, 0.05) is 43.8 Å². The number of anilines is 2. The van der Waals surface area contributed by atoms with Gasteiger partial charge in [-0.25, -0.2) is 0 Å². The molecule has 0 aliphatic rings. The molecule has 0 spiro atoms. The summed E-state index contributed by atoms with van der Waals surface area (Å²) in [5.74, 6) is 0. The number of hydrogen-bond donors (Lipinski definition) is 1. The van der Waals surface area contributed by atoms with Gasteiger partial charge in [-0.05, 0) is 48.5 Å². The lowest BCUT2D eigenvalue weighted by atomic mass is 10.2. The second kappa shape index (κ2) is 7.52. The molecular formula is C19H19N5O2. The third-order valence-corrected chi connectivity index (χ3v) is 3.89. The Morgan fingerprint density at radius 1 is 1.08 bits per heavy atom. The summed E-state index contributed by atoms with van der Waals surface area (Å²) in [5, 5.41) is 14.9. The smallest absolute Gasteiger partial charge is 0.269 e. The molecule has 7 heteroatoms. The van der Waals surface area contributed by atoms with Crippen LogP contribution < -0.4 is 10.3 Å². The van der Waals surface area contributed by atoms with Crippen LogP contribution in [-0.4, -0.2) is 29.8 Å². The van der Waals surface area contributed by atoms with Gasteiger partial charge in [0.25, 0.3) is 5.69 Å². The highest BCUT2D eigenvalue weighted by atomic mass is 16.6. The van der Waals surface area contributed by atoms with Crippen molar-refractivity contribution < 1.29 is 4.92 Å². The number of rotatable bonds is 6. The highest BCUT2D eigenvalue weighted by Crippen LogP contribution is 2.18. The van der Waals surface area contributed by atoms with Gasteiger partial charge in [-0.15, -0.1) is 0 Å². The normalized spacial score (nSPS) is 10.8. The molecule has 0 unspecified atom stereocenters. The maximum atomic E-state index is 10.7. The second-order valence-electron chi connectivity index (χ2n) is 5.89. The largest absolute Gasteiger partial charge is 0.378 e. The summed E-state index contributed by atoms with van der Waals surface area (Å²) in [6.45, 7) is 0. The van der Waals surface area contributed by atoms with Crippen molar-refractivity contribution in [1.29, 1.82) is 0 Å². The van der Waals surface area contributed by atoms with Crippen LogP contribution in [0.3, 0.4) is 0 Å². The van der Waals surface area contributed by atoms with Gasteiger partial charge in [-0.1, -0.05) is 0 Å². The number of non-ortho nitro benzene ring substituents is 1. The van der Waals surface area contributed by atoms with E-state index in [1.807, 2.05) is 37.0 Å². The molecule has 132 valence electrons. The van der Waals surface area contributed by atoms with E-state index in [-0.39, 0.29) is 5.69 Å². The van der Waals surface area contributed by atoms with Crippen LogP contribution in [0.25, 0.3) is 5.69 Å². The van der Waals surface area contributed by atoms with E-state index in [1.54, 1.807) is 18.3 Å². The fourth-order valence-corrected chi connectivity index (χ4v) is 2.48. The van der Waals surface area contributed by atoms with Gasteiger partial charge in [-0.3, -0.25) is 15.5 Å². The number of hydrazone groups is 1. The first-order valence-corrected chi connectivity index (χ1v) is 8.03. The van der Waals surface area contributed by atoms with Crippen molar-refractivity contribution in [3.8, 4) is 5.69 Å². The summed E-state index contributed by atoms with van der Waals surface area (Å²) < 4.78 is 2.03. The molecule has 0 fully saturated rings. The molecule has 0 aliphatic heterocycles. The van der Waals surface area contributed by atoms with Crippen LogP contribution in [0.15, 0.2) is 72.0 Å². The Balaban J connectivity index is 1.72. The number of nitro benzene ring substituents is 1. The minimum Gasteiger partial charge on any atom is -0.378 e. The van der Waals surface area contributed by atoms with Gasteiger partial charge >= 0.3 is 0 Å². The van der Waals surface area contributed by atoms with Crippen molar-refractivity contribution in [3.05, 3.63) is 82.7 Å². The predicted octanol–water partition coefficient (Wildman–Crippen LogP) is 3.90. The Morgan fingerprint density at radius 3 is 2.38 bits per heavy atom. The monoisotopic (exact) mass is 349 g/mol. The molecule has 0 saturated heterocycles. The van der Waals surface area contributed by atoms with E-state index < -0.39 is 4.92 Å². The first-order chi connectivity index (χ1) is 12.5. The first-order valence-electron chi connectivity index (χ1n) is 8.03. The van der Waals surface area contributed by atoms with E-state index in [9.17, 15) is 10.1 Å². The van der Waals surface area contributed by atoms with Crippen molar-refractivity contribution >= 4 is 23.3 Å². The Hall–Kier alpha value is -3.61. The van der Waals surface area contributed by atoms with E-state index in [1.165, 1.54) is 12.1 Å². The quantitative estimate of drug-likeness (QED) is 0.416. The van der Waals surface area contributed by atoms with E-state index >= 15 is 0 Å². The van der Waals surface area contributed by atoms with Gasteiger partial charge in [-0.2, -0.15) is 5.10 Å². The molecule has 3 aromatic rings. The number of hydrogen-bond acceptors (Lipinski definition) is 5. The molecule has 2 aromatic carbocycles. The maximum absolute atomic E-state index is 10.7. The minimum absolute atomic E-state index is 0.0505. The molecule has 0 atom stereocenters. The third kappa shape index (κ3) is 3.89. The fraction of sp³-hybridized carbons (Fsp3) is 0.105. The number of benzene rings is 2. The Labute approximate surface area is 151 Å². The van der Waals surface area contributed by atoms with E-state index in [0.717, 1.165) is 17.1 Å². The lowest BCUT2D eigenvalue weighted by Crippen LogP contribution is -2.08. The van der Waals surface area contributed by atoms with Gasteiger partial charge in [0.1, 0.15) is 0 Å². The van der Waals surface area contributed by atoms with Crippen LogP contribution in [0.1, 0.15) is 5.69 Å². The molecule has 1 aromatic heterocycles. The zero-order chi connectivity index (χ0) is 18.5. The lowest BCUT2D eigenvalue weighted by molar-refractivity contribution is -0.384. The third-order valence-electron chi connectivity index (χ3n) is 3.89. The number of nitrogens with one attached hydrogen (secondary N) is 1. The average molecular weight is 349 g/mol. The van der Waals surface area contributed by atoms with Crippen LogP contribution in [0.2, 0.25) is 0 Å². The topological polar surface area (TPSA) is 75.7 Å². The van der Waals surface area contributed by atoms with Gasteiger partial charge in [0.15, 0.2) is 0 Å². The summed E-state index contributed by atoms with van der Waals surface area (Å²) in [5.41, 5.74) is 6.70. The first kappa shape index (κ1) is 17.2. The summed E-state index contributed by atoms with van der Waals surface area (Å²) in [6, 6.07) is 18.3. The summed E-state index contributed by atoms with van der Waals surface area (Å²) in [4.78, 5) is 12.3. The van der Waals surface area contributed by atoms with Gasteiger partial charge in [0.05, 0.1) is 22.5 Å². The summed E-state index contributed by atoms with van der Waals surface area (Å²) >= 11 is 0. The molecule has 7 nitrogen and oxygen atoms in total. The highest BCUT2D eigenvalue weighted by Gasteiger charge is 2.04. The van der Waals surface area contributed by atoms with E-state index in [4.69, 9.17) is 0 Å². The Kier molecular flexibility index (Phi) is 4.98. The molecule has 1 N–H and O–H groups in total. The van der Waals surface area contributed by atoms with Crippen molar-refractivity contribution in [1.82, 2.24) is 4.57 Å². The van der Waals surface area contributed by atoms with E-state index in [0.29, 0.717) is 5.69 Å². The van der Waals surface area contributed by atoms with Crippen molar-refractivity contribution in [2.45, 2.75) is 0 Å². The zero-order valence-corrected chi connectivity index (χ0v) is 14.5. The second-order valence-corrected chi connectivity index (χ2v) is 5.89. The molecule has 0 saturated carbocycles. The van der Waals surface area contributed by atoms with Crippen molar-refractivity contribution in [3.63, 3.8) is 0 Å². The average Bonchev–Trinajstić information content (AvgIpc) is 3.10. The number of nitrogens with zero attached hydrogens (tertiary/aromatic N) is 4. The maximum Gasteiger partial charge on any atom is 0.269 e. The molecule has 0 radical (unpaired) electrons. The molecular weight excluding hydrogens is 330 g/mol. The summed E-state index contributed by atoms with van der Waals surface area (Å²) in [7, 11) is 4.01. The molecule has 26 heavy (non-hydrogen) atoms. The molecule has 0 aliphatic carbocycles. The zero-order valence-electron chi connectivity index (χ0n) is 14.5. The van der Waals surface area contributed by atoms with Crippen LogP contribution in [-0.2, 0) is 0 Å². The van der Waals surface area contributed by atoms with Crippen molar-refractivity contribution in [2.75, 3.05) is 24.4 Å². The molecule has 3 rings (SSSR count). The summed E-state index contributed by atoms with van der Waals surface area (Å²) in [6.07, 6.45) is 3.68. The van der Waals surface area contributed by atoms with Gasteiger partial charge in [0.2, 0.25) is 0 Å². The van der Waals surface area contributed by atoms with Crippen LogP contribution >= 0.6 is 0 Å².